The minimum atomic E-state index is -0.305. The second kappa shape index (κ2) is 5.32. The van der Waals surface area contributed by atoms with Gasteiger partial charge in [-0.25, -0.2) is 0 Å². The minimum absolute atomic E-state index is 0.0508. The number of unbranched alkanes of at least 4 members (excludes halogenated alkanes) is 1. The molecule has 0 aliphatic carbocycles. The van der Waals surface area contributed by atoms with Gasteiger partial charge in [-0.2, -0.15) is 0 Å². The number of hydrogen-bond donors (Lipinski definition) is 1. The van der Waals surface area contributed by atoms with Crippen molar-refractivity contribution in [3.8, 4) is 0 Å². The molecule has 1 rings (SSSR count). The lowest BCUT2D eigenvalue weighted by Crippen LogP contribution is -2.57. The molecule has 0 aromatic rings. The molecule has 0 bridgehead atoms. The maximum Gasteiger partial charge on any atom is 0.242 e. The molecule has 0 aromatic heterocycles. The third kappa shape index (κ3) is 2.45. The number of aliphatic hydroxyl groups is 1. The number of carbonyl (C=O) groups is 1. The van der Waals surface area contributed by atoms with E-state index in [4.69, 9.17) is 5.11 Å². The summed E-state index contributed by atoms with van der Waals surface area (Å²) in [6.45, 7) is 4.65. The molecule has 0 radical (unpaired) electrons. The first-order valence-electron chi connectivity index (χ1n) is 5.30. The molecule has 1 amide bonds. The Morgan fingerprint density at radius 3 is 2.79 bits per heavy atom. The van der Waals surface area contributed by atoms with Crippen LogP contribution in [0.1, 0.15) is 19.8 Å². The van der Waals surface area contributed by atoms with Crippen molar-refractivity contribution in [1.29, 1.82) is 0 Å². The average Bonchev–Trinajstić information content (AvgIpc) is 2.20. The van der Waals surface area contributed by atoms with Crippen LogP contribution in [0.2, 0.25) is 0 Å². The van der Waals surface area contributed by atoms with E-state index in [1.807, 2.05) is 0 Å². The molecule has 1 aliphatic rings. The number of likely N-dealkylation sites (N-methyl/N-ethyl adjacent to an activating group) is 1. The fourth-order valence-electron chi connectivity index (χ4n) is 1.78. The van der Waals surface area contributed by atoms with Gasteiger partial charge in [0.1, 0.15) is 6.04 Å². The Labute approximate surface area is 85.5 Å². The molecule has 14 heavy (non-hydrogen) atoms. The van der Waals surface area contributed by atoms with Gasteiger partial charge in [0.25, 0.3) is 0 Å². The summed E-state index contributed by atoms with van der Waals surface area (Å²) in [5.74, 6) is 0.0508. The predicted molar refractivity (Wildman–Crippen MR) is 55.0 cm³/mol. The molecule has 0 aromatic carbocycles. The average molecular weight is 200 g/mol. The Kier molecular flexibility index (Phi) is 4.35. The molecule has 1 fully saturated rings. The van der Waals surface area contributed by atoms with Crippen molar-refractivity contribution in [2.24, 2.45) is 0 Å². The highest BCUT2D eigenvalue weighted by atomic mass is 16.3. The Morgan fingerprint density at radius 1 is 1.50 bits per heavy atom. The van der Waals surface area contributed by atoms with Gasteiger partial charge in [-0.1, -0.05) is 13.3 Å². The van der Waals surface area contributed by atoms with Gasteiger partial charge in [-0.3, -0.25) is 9.69 Å². The third-order valence-electron chi connectivity index (χ3n) is 2.80. The van der Waals surface area contributed by atoms with Crippen molar-refractivity contribution in [3.05, 3.63) is 0 Å². The summed E-state index contributed by atoms with van der Waals surface area (Å²) in [7, 11) is 1.79. The normalized spacial score (nSPS) is 24.4. The van der Waals surface area contributed by atoms with Crippen LogP contribution in [0, 0.1) is 0 Å². The van der Waals surface area contributed by atoms with Crippen LogP contribution in [0.5, 0.6) is 0 Å². The van der Waals surface area contributed by atoms with Crippen LogP contribution in [0.15, 0.2) is 0 Å². The van der Waals surface area contributed by atoms with Gasteiger partial charge in [0.05, 0.1) is 6.61 Å². The smallest absolute Gasteiger partial charge is 0.242 e. The number of nitrogens with zero attached hydrogens (tertiary/aromatic N) is 2. The third-order valence-corrected chi connectivity index (χ3v) is 2.80. The standard InChI is InChI=1S/C10H20N2O2/c1-3-4-5-12-7-6-11(2)10(14)9(12)8-13/h9,13H,3-8H2,1-2H3. The van der Waals surface area contributed by atoms with Gasteiger partial charge >= 0.3 is 0 Å². The van der Waals surface area contributed by atoms with E-state index in [2.05, 4.69) is 11.8 Å². The van der Waals surface area contributed by atoms with Crippen LogP contribution in [0.3, 0.4) is 0 Å². The molecule has 1 aliphatic heterocycles. The zero-order chi connectivity index (χ0) is 10.6. The van der Waals surface area contributed by atoms with Gasteiger partial charge in [-0.15, -0.1) is 0 Å². The van der Waals surface area contributed by atoms with Crippen molar-refractivity contribution in [2.75, 3.05) is 33.3 Å². The zero-order valence-electron chi connectivity index (χ0n) is 9.07. The van der Waals surface area contributed by atoms with E-state index >= 15 is 0 Å². The van der Waals surface area contributed by atoms with Crippen molar-refractivity contribution in [3.63, 3.8) is 0 Å². The van der Waals surface area contributed by atoms with Gasteiger partial charge < -0.3 is 10.0 Å². The number of hydrogen-bond acceptors (Lipinski definition) is 3. The SMILES string of the molecule is CCCCN1CCN(C)C(=O)C1CO. The second-order valence-corrected chi connectivity index (χ2v) is 3.85. The van der Waals surface area contributed by atoms with E-state index in [-0.39, 0.29) is 18.6 Å². The maximum absolute atomic E-state index is 11.7. The minimum Gasteiger partial charge on any atom is -0.394 e. The summed E-state index contributed by atoms with van der Waals surface area (Å²) in [6.07, 6.45) is 2.21. The van der Waals surface area contributed by atoms with E-state index in [1.165, 1.54) is 0 Å². The highest BCUT2D eigenvalue weighted by molar-refractivity contribution is 5.82. The Morgan fingerprint density at radius 2 is 2.21 bits per heavy atom. The summed E-state index contributed by atoms with van der Waals surface area (Å²) in [4.78, 5) is 15.4. The van der Waals surface area contributed by atoms with Crippen LogP contribution in [0.25, 0.3) is 0 Å². The van der Waals surface area contributed by atoms with E-state index in [0.29, 0.717) is 0 Å². The van der Waals surface area contributed by atoms with Crippen molar-refractivity contribution >= 4 is 5.91 Å². The summed E-state index contributed by atoms with van der Waals surface area (Å²) in [6, 6.07) is -0.305. The highest BCUT2D eigenvalue weighted by Crippen LogP contribution is 2.10. The number of rotatable bonds is 4. The van der Waals surface area contributed by atoms with Crippen LogP contribution >= 0.6 is 0 Å². The fraction of sp³-hybridized carbons (Fsp3) is 0.900. The van der Waals surface area contributed by atoms with Gasteiger partial charge in [0.15, 0.2) is 0 Å². The molecule has 1 saturated heterocycles. The van der Waals surface area contributed by atoms with E-state index < -0.39 is 0 Å². The molecule has 0 saturated carbocycles. The monoisotopic (exact) mass is 200 g/mol. The van der Waals surface area contributed by atoms with E-state index in [9.17, 15) is 4.79 Å². The molecule has 4 nitrogen and oxygen atoms in total. The lowest BCUT2D eigenvalue weighted by atomic mass is 10.1. The molecule has 4 heteroatoms. The van der Waals surface area contributed by atoms with Crippen LogP contribution in [-0.4, -0.2) is 60.1 Å². The number of piperazine rings is 1. The molecule has 1 N–H and O–H groups in total. The molecule has 1 heterocycles. The van der Waals surface area contributed by atoms with Crippen molar-refractivity contribution in [2.45, 2.75) is 25.8 Å². The quantitative estimate of drug-likeness (QED) is 0.690. The van der Waals surface area contributed by atoms with Crippen molar-refractivity contribution < 1.29 is 9.90 Å². The van der Waals surface area contributed by atoms with Crippen LogP contribution in [-0.2, 0) is 4.79 Å². The highest BCUT2D eigenvalue weighted by Gasteiger charge is 2.31. The summed E-state index contributed by atoms with van der Waals surface area (Å²) in [5.41, 5.74) is 0. The Bertz CT molecular complexity index is 195. The summed E-state index contributed by atoms with van der Waals surface area (Å²) in [5, 5.41) is 9.16. The van der Waals surface area contributed by atoms with E-state index in [0.717, 1.165) is 32.5 Å². The van der Waals surface area contributed by atoms with Crippen LogP contribution in [0.4, 0.5) is 0 Å². The first-order valence-corrected chi connectivity index (χ1v) is 5.30. The summed E-state index contributed by atoms with van der Waals surface area (Å²) >= 11 is 0. The zero-order valence-corrected chi connectivity index (χ0v) is 9.07. The number of aliphatic hydroxyl groups excluding tert-OH is 1. The topological polar surface area (TPSA) is 43.8 Å². The Balaban J connectivity index is 2.53. The Hall–Kier alpha value is -0.610. The summed E-state index contributed by atoms with van der Waals surface area (Å²) < 4.78 is 0. The largest absolute Gasteiger partial charge is 0.394 e. The van der Waals surface area contributed by atoms with Gasteiger partial charge in [0.2, 0.25) is 5.91 Å². The molecule has 0 spiro atoms. The second-order valence-electron chi connectivity index (χ2n) is 3.85. The van der Waals surface area contributed by atoms with Gasteiger partial charge in [0, 0.05) is 20.1 Å². The van der Waals surface area contributed by atoms with E-state index in [1.54, 1.807) is 11.9 Å². The van der Waals surface area contributed by atoms with Crippen molar-refractivity contribution in [1.82, 2.24) is 9.80 Å². The number of carbonyl (C=O) groups excluding carboxylic acids is 1. The predicted octanol–water partition coefficient (Wildman–Crippen LogP) is -0.0786. The lowest BCUT2D eigenvalue weighted by Gasteiger charge is -2.38. The maximum atomic E-state index is 11.7. The molecule has 82 valence electrons. The molecular formula is C10H20N2O2. The molecule has 1 atom stereocenters. The first kappa shape index (κ1) is 11.5. The lowest BCUT2D eigenvalue weighted by molar-refractivity contribution is -0.141. The van der Waals surface area contributed by atoms with Gasteiger partial charge in [-0.05, 0) is 13.0 Å². The molecular weight excluding hydrogens is 180 g/mol. The first-order chi connectivity index (χ1) is 6.70. The fourth-order valence-corrected chi connectivity index (χ4v) is 1.78. The van der Waals surface area contributed by atoms with Crippen LogP contribution < -0.4 is 0 Å². The molecule has 1 unspecified atom stereocenters. The number of amides is 1.